The van der Waals surface area contributed by atoms with E-state index in [0.29, 0.717) is 11.8 Å². The predicted octanol–water partition coefficient (Wildman–Crippen LogP) is 4.41. The normalized spacial score (nSPS) is 16.2. The zero-order valence-electron chi connectivity index (χ0n) is 19.7. The molecule has 170 valence electrons. The van der Waals surface area contributed by atoms with Crippen LogP contribution in [0.2, 0.25) is 0 Å². The van der Waals surface area contributed by atoms with E-state index in [0.717, 1.165) is 49.6 Å². The number of nitrogens with one attached hydrogen (secondary N) is 2. The average molecular weight is 433 g/mol. The molecule has 1 fully saturated rings. The van der Waals surface area contributed by atoms with Crippen LogP contribution in [0.3, 0.4) is 0 Å². The summed E-state index contributed by atoms with van der Waals surface area (Å²) >= 11 is 0. The lowest BCUT2D eigenvalue weighted by atomic mass is 9.87. The summed E-state index contributed by atoms with van der Waals surface area (Å²) in [6.45, 7) is 11.6. The maximum absolute atomic E-state index is 6.01. The number of nitrogens with two attached hydrogens (primary N) is 2. The Bertz CT molecular complexity index is 1100. The van der Waals surface area contributed by atoms with Crippen LogP contribution in [0.25, 0.3) is 22.2 Å². The van der Waals surface area contributed by atoms with Crippen molar-refractivity contribution in [1.29, 1.82) is 0 Å². The molecule has 3 aromatic rings. The number of likely N-dealkylation sites (tertiary alicyclic amines) is 1. The average Bonchev–Trinajstić information content (AvgIpc) is 3.13. The van der Waals surface area contributed by atoms with Crippen LogP contribution in [0.1, 0.15) is 61.0 Å². The molecule has 2 aromatic heterocycles. The van der Waals surface area contributed by atoms with Crippen molar-refractivity contribution in [1.82, 2.24) is 20.3 Å². The van der Waals surface area contributed by atoms with Crippen molar-refractivity contribution >= 4 is 10.9 Å². The van der Waals surface area contributed by atoms with Crippen molar-refractivity contribution in [3.63, 3.8) is 0 Å². The largest absolute Gasteiger partial charge is 0.400 e. The monoisotopic (exact) mass is 432 g/mol. The van der Waals surface area contributed by atoms with Gasteiger partial charge in [0, 0.05) is 46.3 Å². The quantitative estimate of drug-likeness (QED) is 0.342. The number of fused-ring (bicyclic) bond motifs is 1. The number of pyridine rings is 1. The summed E-state index contributed by atoms with van der Waals surface area (Å²) in [5.41, 5.74) is 17.9. The highest BCUT2D eigenvalue weighted by Crippen LogP contribution is 2.38. The molecule has 0 aliphatic carbocycles. The van der Waals surface area contributed by atoms with Gasteiger partial charge in [-0.1, -0.05) is 19.9 Å². The van der Waals surface area contributed by atoms with Crippen LogP contribution >= 0.6 is 0 Å². The van der Waals surface area contributed by atoms with Crippen molar-refractivity contribution < 1.29 is 0 Å². The predicted molar refractivity (Wildman–Crippen MR) is 133 cm³/mol. The zero-order chi connectivity index (χ0) is 22.8. The van der Waals surface area contributed by atoms with E-state index in [2.05, 4.69) is 78.3 Å². The van der Waals surface area contributed by atoms with Crippen molar-refractivity contribution in [2.24, 2.45) is 11.6 Å². The van der Waals surface area contributed by atoms with Gasteiger partial charge in [-0.05, 0) is 87.0 Å². The van der Waals surface area contributed by atoms with E-state index in [1.54, 1.807) is 6.20 Å². The third-order valence-electron chi connectivity index (χ3n) is 6.54. The molecule has 0 saturated carbocycles. The summed E-state index contributed by atoms with van der Waals surface area (Å²) in [6, 6.07) is 11.4. The Morgan fingerprint density at radius 2 is 1.88 bits per heavy atom. The molecule has 0 atom stereocenters. The third kappa shape index (κ3) is 4.66. The maximum Gasteiger partial charge on any atom is 0.0501 e. The molecule has 6 heteroatoms. The van der Waals surface area contributed by atoms with E-state index in [-0.39, 0.29) is 0 Å². The number of aromatic amines is 1. The lowest BCUT2D eigenvalue weighted by Crippen LogP contribution is -2.36. The number of H-pyrrole nitrogens is 1. The molecule has 32 heavy (non-hydrogen) atoms. The summed E-state index contributed by atoms with van der Waals surface area (Å²) < 4.78 is 0. The van der Waals surface area contributed by atoms with Gasteiger partial charge in [-0.15, -0.1) is 0 Å². The van der Waals surface area contributed by atoms with Crippen LogP contribution in [0.15, 0.2) is 42.2 Å². The van der Waals surface area contributed by atoms with E-state index < -0.39 is 0 Å². The second-order valence-corrected chi connectivity index (χ2v) is 9.45. The van der Waals surface area contributed by atoms with E-state index in [4.69, 9.17) is 11.6 Å². The molecule has 1 aliphatic rings. The number of piperidine rings is 1. The van der Waals surface area contributed by atoms with Crippen LogP contribution in [-0.2, 0) is 0 Å². The number of benzene rings is 1. The Labute approximate surface area is 191 Å². The summed E-state index contributed by atoms with van der Waals surface area (Å²) in [6.07, 6.45) is 3.96. The SMILES string of the molecule is Cc1cc(-c2[nH]c3ccc(C4CCN(C/C(N)=C/NN)CC4)cc3c2C(C)C)cc(C)n1. The van der Waals surface area contributed by atoms with Gasteiger partial charge >= 0.3 is 0 Å². The van der Waals surface area contributed by atoms with Crippen molar-refractivity contribution in [3.8, 4) is 11.3 Å². The molecular weight excluding hydrogens is 396 g/mol. The highest BCUT2D eigenvalue weighted by Gasteiger charge is 2.23. The van der Waals surface area contributed by atoms with E-state index in [9.17, 15) is 0 Å². The fourth-order valence-corrected chi connectivity index (χ4v) is 5.13. The van der Waals surface area contributed by atoms with Crippen LogP contribution in [0.5, 0.6) is 0 Å². The zero-order valence-corrected chi connectivity index (χ0v) is 19.7. The van der Waals surface area contributed by atoms with Crippen molar-refractivity contribution in [3.05, 3.63) is 64.7 Å². The number of hydrazine groups is 1. The smallest absolute Gasteiger partial charge is 0.0501 e. The molecule has 3 heterocycles. The molecule has 1 aromatic carbocycles. The number of rotatable bonds is 6. The first-order valence-corrected chi connectivity index (χ1v) is 11.6. The lowest BCUT2D eigenvalue weighted by Gasteiger charge is -2.32. The van der Waals surface area contributed by atoms with Gasteiger partial charge in [0.2, 0.25) is 0 Å². The molecule has 0 unspecified atom stereocenters. The second-order valence-electron chi connectivity index (χ2n) is 9.45. The van der Waals surface area contributed by atoms with Gasteiger partial charge in [0.1, 0.15) is 0 Å². The Morgan fingerprint density at radius 1 is 1.19 bits per heavy atom. The van der Waals surface area contributed by atoms with Gasteiger partial charge < -0.3 is 16.1 Å². The molecule has 1 aliphatic heterocycles. The maximum atomic E-state index is 6.01. The first-order valence-electron chi connectivity index (χ1n) is 11.6. The van der Waals surface area contributed by atoms with E-state index >= 15 is 0 Å². The molecule has 0 amide bonds. The molecule has 0 spiro atoms. The van der Waals surface area contributed by atoms with Gasteiger partial charge in [0.05, 0.1) is 5.69 Å². The number of aromatic nitrogens is 2. The number of aryl methyl sites for hydroxylation is 2. The number of hydrogen-bond donors (Lipinski definition) is 4. The fraction of sp³-hybridized carbons (Fsp3) is 0.423. The molecule has 6 nitrogen and oxygen atoms in total. The van der Waals surface area contributed by atoms with Crippen LogP contribution in [0.4, 0.5) is 0 Å². The Kier molecular flexibility index (Phi) is 6.53. The minimum Gasteiger partial charge on any atom is -0.400 e. The van der Waals surface area contributed by atoms with Crippen molar-refractivity contribution in [2.45, 2.75) is 52.4 Å². The third-order valence-corrected chi connectivity index (χ3v) is 6.54. The summed E-state index contributed by atoms with van der Waals surface area (Å²) in [4.78, 5) is 10.7. The molecule has 6 N–H and O–H groups in total. The first-order chi connectivity index (χ1) is 15.4. The van der Waals surface area contributed by atoms with Gasteiger partial charge in [-0.25, -0.2) is 0 Å². The van der Waals surface area contributed by atoms with Gasteiger partial charge in [-0.3, -0.25) is 15.7 Å². The van der Waals surface area contributed by atoms with Crippen LogP contribution in [0, 0.1) is 13.8 Å². The van der Waals surface area contributed by atoms with Crippen LogP contribution in [-0.4, -0.2) is 34.5 Å². The van der Waals surface area contributed by atoms with E-state index in [1.807, 2.05) is 0 Å². The highest BCUT2D eigenvalue weighted by atomic mass is 15.2. The molecule has 0 radical (unpaired) electrons. The second kappa shape index (κ2) is 9.35. The molecule has 4 rings (SSSR count). The minimum atomic E-state index is 0.426. The fourth-order valence-electron chi connectivity index (χ4n) is 5.13. The van der Waals surface area contributed by atoms with Gasteiger partial charge in [0.25, 0.3) is 0 Å². The molecular formula is C26H36N6. The molecule has 0 bridgehead atoms. The summed E-state index contributed by atoms with van der Waals surface area (Å²) in [7, 11) is 0. The number of hydrogen-bond acceptors (Lipinski definition) is 5. The first kappa shape index (κ1) is 22.4. The van der Waals surface area contributed by atoms with E-state index in [1.165, 1.54) is 33.3 Å². The van der Waals surface area contributed by atoms with Gasteiger partial charge in [-0.2, -0.15) is 0 Å². The molecule has 1 saturated heterocycles. The Hall–Kier alpha value is -2.83. The Morgan fingerprint density at radius 3 is 2.50 bits per heavy atom. The lowest BCUT2D eigenvalue weighted by molar-refractivity contribution is 0.227. The van der Waals surface area contributed by atoms with Crippen LogP contribution < -0.4 is 17.0 Å². The standard InChI is InChI=1S/C26H36N6/c1-16(2)25-23-13-20(19-7-9-32(10-8-19)15-22(27)14-29-28)5-6-24(23)31-26(25)21-11-17(3)30-18(4)12-21/h5-6,11-14,16,19,29,31H,7-10,15,27-28H2,1-4H3/b22-14-. The van der Waals surface area contributed by atoms with Gasteiger partial charge in [0.15, 0.2) is 0 Å². The summed E-state index contributed by atoms with van der Waals surface area (Å²) in [5, 5.41) is 1.35. The summed E-state index contributed by atoms with van der Waals surface area (Å²) in [5.74, 6) is 6.34. The van der Waals surface area contributed by atoms with Crippen molar-refractivity contribution in [2.75, 3.05) is 19.6 Å². The topological polar surface area (TPSA) is 96.0 Å². The minimum absolute atomic E-state index is 0.426. The Balaban J connectivity index is 1.62. The highest BCUT2D eigenvalue weighted by molar-refractivity contribution is 5.92. The number of nitrogens with zero attached hydrogens (tertiary/aromatic N) is 2.